The van der Waals surface area contributed by atoms with Crippen molar-refractivity contribution >= 4 is 22.7 Å². The summed E-state index contributed by atoms with van der Waals surface area (Å²) >= 11 is 6.07. The van der Waals surface area contributed by atoms with Crippen molar-refractivity contribution in [3.63, 3.8) is 0 Å². The van der Waals surface area contributed by atoms with Crippen molar-refractivity contribution in [3.8, 4) is 22.6 Å². The molecule has 0 aliphatic carbocycles. The van der Waals surface area contributed by atoms with Crippen LogP contribution in [0.25, 0.3) is 33.7 Å². The second kappa shape index (κ2) is 6.30. The standard InChI is InChI=1S/C23H20ClNO/c1-23(2,3)17-13-19(15-9-11-18(24)12-10-15)21-20(14-17)25-22(26-21)16-7-5-4-6-8-16/h4-14H,1-3H3. The summed E-state index contributed by atoms with van der Waals surface area (Å²) in [4.78, 5) is 4.77. The van der Waals surface area contributed by atoms with Crippen molar-refractivity contribution in [2.45, 2.75) is 26.2 Å². The van der Waals surface area contributed by atoms with Crippen molar-refractivity contribution in [3.05, 3.63) is 77.3 Å². The van der Waals surface area contributed by atoms with Crippen molar-refractivity contribution in [1.82, 2.24) is 4.98 Å². The van der Waals surface area contributed by atoms with E-state index in [4.69, 9.17) is 21.0 Å². The van der Waals surface area contributed by atoms with Crippen LogP contribution in [0.3, 0.4) is 0 Å². The summed E-state index contributed by atoms with van der Waals surface area (Å²) in [5.74, 6) is 0.641. The van der Waals surface area contributed by atoms with E-state index in [1.54, 1.807) is 0 Å². The number of benzene rings is 3. The molecule has 0 N–H and O–H groups in total. The Morgan fingerprint density at radius 3 is 2.19 bits per heavy atom. The van der Waals surface area contributed by atoms with Gasteiger partial charge in [0.25, 0.3) is 0 Å². The van der Waals surface area contributed by atoms with Crippen LogP contribution in [0.4, 0.5) is 0 Å². The van der Waals surface area contributed by atoms with Gasteiger partial charge in [-0.2, -0.15) is 0 Å². The van der Waals surface area contributed by atoms with Crippen molar-refractivity contribution < 1.29 is 4.42 Å². The molecule has 0 spiro atoms. The van der Waals surface area contributed by atoms with E-state index in [0.29, 0.717) is 5.89 Å². The van der Waals surface area contributed by atoms with E-state index in [1.807, 2.05) is 54.6 Å². The molecule has 0 aliphatic heterocycles. The van der Waals surface area contributed by atoms with Gasteiger partial charge in [0, 0.05) is 16.1 Å². The van der Waals surface area contributed by atoms with E-state index in [2.05, 4.69) is 32.9 Å². The minimum atomic E-state index is 0.0151. The second-order valence-corrected chi connectivity index (χ2v) is 7.95. The fraction of sp³-hybridized carbons (Fsp3) is 0.174. The summed E-state index contributed by atoms with van der Waals surface area (Å²) in [5.41, 5.74) is 6.01. The third kappa shape index (κ3) is 3.13. The van der Waals surface area contributed by atoms with Crippen LogP contribution in [0.2, 0.25) is 5.02 Å². The Kier molecular flexibility index (Phi) is 4.08. The number of halogens is 1. The average Bonchev–Trinajstić information content (AvgIpc) is 3.06. The van der Waals surface area contributed by atoms with Gasteiger partial charge in [0.15, 0.2) is 5.58 Å². The van der Waals surface area contributed by atoms with Gasteiger partial charge in [-0.15, -0.1) is 0 Å². The van der Waals surface area contributed by atoms with Crippen molar-refractivity contribution in [2.24, 2.45) is 0 Å². The van der Waals surface area contributed by atoms with Gasteiger partial charge < -0.3 is 4.42 Å². The summed E-state index contributed by atoms with van der Waals surface area (Å²) in [5, 5.41) is 0.722. The van der Waals surface area contributed by atoms with Gasteiger partial charge in [0.05, 0.1) is 0 Å². The topological polar surface area (TPSA) is 26.0 Å². The zero-order valence-electron chi connectivity index (χ0n) is 15.1. The molecule has 0 saturated carbocycles. The van der Waals surface area contributed by atoms with Crippen LogP contribution in [-0.2, 0) is 5.41 Å². The molecule has 0 amide bonds. The van der Waals surface area contributed by atoms with Gasteiger partial charge in [-0.25, -0.2) is 4.98 Å². The zero-order valence-corrected chi connectivity index (χ0v) is 15.8. The predicted molar refractivity (Wildman–Crippen MR) is 109 cm³/mol. The molecule has 1 heterocycles. The quantitative estimate of drug-likeness (QED) is 0.380. The molecule has 3 heteroatoms. The van der Waals surface area contributed by atoms with Gasteiger partial charge in [-0.1, -0.05) is 62.7 Å². The predicted octanol–water partition coefficient (Wildman–Crippen LogP) is 7.11. The molecule has 0 fully saturated rings. The molecular formula is C23H20ClNO. The summed E-state index contributed by atoms with van der Waals surface area (Å²) < 4.78 is 6.19. The first kappa shape index (κ1) is 16.9. The number of nitrogens with zero attached hydrogens (tertiary/aromatic N) is 1. The zero-order chi connectivity index (χ0) is 18.3. The lowest BCUT2D eigenvalue weighted by atomic mass is 9.85. The average molecular weight is 362 g/mol. The number of hydrogen-bond acceptors (Lipinski definition) is 2. The molecule has 0 unspecified atom stereocenters. The van der Waals surface area contributed by atoms with Crippen LogP contribution in [0.1, 0.15) is 26.3 Å². The van der Waals surface area contributed by atoms with E-state index in [0.717, 1.165) is 32.8 Å². The first-order valence-electron chi connectivity index (χ1n) is 8.68. The molecule has 0 bridgehead atoms. The molecule has 0 saturated heterocycles. The molecule has 2 nitrogen and oxygen atoms in total. The lowest BCUT2D eigenvalue weighted by Gasteiger charge is -2.20. The molecule has 3 aromatic carbocycles. The Bertz CT molecular complexity index is 1060. The summed E-state index contributed by atoms with van der Waals surface area (Å²) in [6.07, 6.45) is 0. The van der Waals surface area contributed by atoms with Gasteiger partial charge >= 0.3 is 0 Å². The number of aromatic nitrogens is 1. The second-order valence-electron chi connectivity index (χ2n) is 7.51. The lowest BCUT2D eigenvalue weighted by Crippen LogP contribution is -2.11. The highest BCUT2D eigenvalue weighted by Gasteiger charge is 2.20. The van der Waals surface area contributed by atoms with Crippen LogP contribution in [0, 0.1) is 0 Å². The highest BCUT2D eigenvalue weighted by Crippen LogP contribution is 2.37. The first-order chi connectivity index (χ1) is 12.4. The molecule has 130 valence electrons. The monoisotopic (exact) mass is 361 g/mol. The molecule has 26 heavy (non-hydrogen) atoms. The summed E-state index contributed by atoms with van der Waals surface area (Å²) in [7, 11) is 0. The third-order valence-corrected chi connectivity index (χ3v) is 4.78. The maximum Gasteiger partial charge on any atom is 0.227 e. The van der Waals surface area contributed by atoms with E-state index < -0.39 is 0 Å². The van der Waals surface area contributed by atoms with Gasteiger partial charge in [-0.05, 0) is 52.9 Å². The van der Waals surface area contributed by atoms with Crippen molar-refractivity contribution in [2.75, 3.05) is 0 Å². The van der Waals surface area contributed by atoms with Gasteiger partial charge in [0.1, 0.15) is 5.52 Å². The van der Waals surface area contributed by atoms with Crippen LogP contribution < -0.4 is 0 Å². The van der Waals surface area contributed by atoms with E-state index in [-0.39, 0.29) is 5.41 Å². The normalized spacial score (nSPS) is 11.8. The van der Waals surface area contributed by atoms with Crippen LogP contribution in [-0.4, -0.2) is 4.98 Å². The number of rotatable bonds is 2. The minimum absolute atomic E-state index is 0.0151. The van der Waals surface area contributed by atoms with Crippen LogP contribution >= 0.6 is 11.6 Å². The highest BCUT2D eigenvalue weighted by molar-refractivity contribution is 6.30. The Balaban J connectivity index is 1.98. The Hall–Kier alpha value is -2.58. The van der Waals surface area contributed by atoms with Gasteiger partial charge in [0.2, 0.25) is 5.89 Å². The Labute approximate surface area is 158 Å². The smallest absolute Gasteiger partial charge is 0.227 e. The van der Waals surface area contributed by atoms with Crippen LogP contribution in [0.5, 0.6) is 0 Å². The maximum atomic E-state index is 6.19. The molecule has 0 atom stereocenters. The molecule has 4 rings (SSSR count). The molecule has 4 aromatic rings. The number of oxazole rings is 1. The minimum Gasteiger partial charge on any atom is -0.435 e. The number of fused-ring (bicyclic) bond motifs is 1. The highest BCUT2D eigenvalue weighted by atomic mass is 35.5. The van der Waals surface area contributed by atoms with E-state index in [9.17, 15) is 0 Å². The van der Waals surface area contributed by atoms with Gasteiger partial charge in [-0.3, -0.25) is 0 Å². The molecule has 0 radical (unpaired) electrons. The fourth-order valence-corrected chi connectivity index (χ4v) is 3.14. The van der Waals surface area contributed by atoms with Crippen molar-refractivity contribution in [1.29, 1.82) is 0 Å². The first-order valence-corrected chi connectivity index (χ1v) is 9.06. The van der Waals surface area contributed by atoms with Crippen LogP contribution in [0.15, 0.2) is 71.1 Å². The van der Waals surface area contributed by atoms with E-state index >= 15 is 0 Å². The maximum absolute atomic E-state index is 6.19. The molecule has 0 aliphatic rings. The fourth-order valence-electron chi connectivity index (χ4n) is 3.01. The summed E-state index contributed by atoms with van der Waals surface area (Å²) in [6.45, 7) is 6.62. The molecular weight excluding hydrogens is 342 g/mol. The Morgan fingerprint density at radius 1 is 0.846 bits per heavy atom. The van der Waals surface area contributed by atoms with E-state index in [1.165, 1.54) is 5.56 Å². The third-order valence-electron chi connectivity index (χ3n) is 4.53. The largest absolute Gasteiger partial charge is 0.435 e. The number of hydrogen-bond donors (Lipinski definition) is 0. The summed E-state index contributed by atoms with van der Waals surface area (Å²) in [6, 6.07) is 22.2. The SMILES string of the molecule is CC(C)(C)c1cc(-c2ccc(Cl)cc2)c2oc(-c3ccccc3)nc2c1. The Morgan fingerprint density at radius 2 is 1.54 bits per heavy atom. The molecule has 1 aromatic heterocycles. The lowest BCUT2D eigenvalue weighted by molar-refractivity contribution is 0.590.